The second kappa shape index (κ2) is 33.6. The van der Waals surface area contributed by atoms with Crippen molar-refractivity contribution in [3.63, 3.8) is 0 Å². The number of amides is 2. The molecule has 2 amide bonds. The highest BCUT2D eigenvalue weighted by atomic mass is 79.9. The van der Waals surface area contributed by atoms with Crippen LogP contribution in [0, 0.1) is 5.92 Å². The lowest BCUT2D eigenvalue weighted by molar-refractivity contribution is -0.148. The summed E-state index contributed by atoms with van der Waals surface area (Å²) in [4.78, 5) is 67.5. The SMILES string of the molecule is CNCc1cc2ccccc2n1C.COC(=O)C1Cc2cc(Br)cnc2NC1=O.Nc1ncc(Br)cc1CBr.Nc1ncc(Br)cc1CO.Nc1ncccc1C(=O)O.Nc1ncccc1CO.O=C1CCc2cc(Br)cnc2N1. The molecule has 0 aliphatic carbocycles. The molecule has 0 bridgehead atoms. The van der Waals surface area contributed by atoms with Gasteiger partial charge in [0.1, 0.15) is 46.4 Å². The molecule has 422 valence electrons. The first-order valence-electron chi connectivity index (χ1n) is 23.6. The number of nitrogens with zero attached hydrogens (tertiary/aromatic N) is 7. The van der Waals surface area contributed by atoms with E-state index in [1.165, 1.54) is 42.0 Å². The van der Waals surface area contributed by atoms with E-state index < -0.39 is 17.9 Å². The number of halogens is 5. The van der Waals surface area contributed by atoms with Crippen LogP contribution in [0.2, 0.25) is 0 Å². The lowest BCUT2D eigenvalue weighted by Gasteiger charge is -2.21. The third-order valence-electron chi connectivity index (χ3n) is 11.0. The van der Waals surface area contributed by atoms with Crippen molar-refractivity contribution in [3.05, 3.63) is 173 Å². The number of nitrogens with one attached hydrogen (secondary N) is 3. The Morgan fingerprint density at radius 3 is 1.74 bits per heavy atom. The van der Waals surface area contributed by atoms with Gasteiger partial charge in [-0.3, -0.25) is 14.4 Å². The quantitative estimate of drug-likeness (QED) is 0.0406. The number of hydrogen-bond acceptors (Lipinski definition) is 18. The van der Waals surface area contributed by atoms with Gasteiger partial charge in [-0.1, -0.05) is 40.2 Å². The van der Waals surface area contributed by atoms with Crippen molar-refractivity contribution < 1.29 is 39.2 Å². The van der Waals surface area contributed by atoms with Gasteiger partial charge in [0.15, 0.2) is 0 Å². The van der Waals surface area contributed by atoms with Gasteiger partial charge in [0.05, 0.1) is 20.3 Å². The minimum absolute atomic E-state index is 0.0420. The summed E-state index contributed by atoms with van der Waals surface area (Å²) in [5.74, 6) is -0.0441. The van der Waals surface area contributed by atoms with Crippen molar-refractivity contribution in [2.45, 2.75) is 44.4 Å². The molecule has 2 aliphatic heterocycles. The van der Waals surface area contributed by atoms with Gasteiger partial charge < -0.3 is 63.5 Å². The van der Waals surface area contributed by atoms with E-state index in [0.29, 0.717) is 53.1 Å². The molecule has 7 aromatic heterocycles. The van der Waals surface area contributed by atoms with Crippen molar-refractivity contribution in [1.29, 1.82) is 0 Å². The van der Waals surface area contributed by atoms with E-state index in [0.717, 1.165) is 52.9 Å². The molecular weight excluding hydrogens is 1360 g/mol. The van der Waals surface area contributed by atoms with E-state index in [1.807, 2.05) is 25.2 Å². The van der Waals surface area contributed by atoms with Crippen molar-refractivity contribution in [3.8, 4) is 0 Å². The maximum atomic E-state index is 11.6. The summed E-state index contributed by atoms with van der Waals surface area (Å²) in [5, 5.41) is 36.3. The van der Waals surface area contributed by atoms with E-state index in [2.05, 4.69) is 172 Å². The van der Waals surface area contributed by atoms with Crippen molar-refractivity contribution in [2.24, 2.45) is 13.0 Å². The molecule has 14 N–H and O–H groups in total. The van der Waals surface area contributed by atoms with Crippen molar-refractivity contribution in [1.82, 2.24) is 39.8 Å². The second-order valence-electron chi connectivity index (χ2n) is 16.6. The summed E-state index contributed by atoms with van der Waals surface area (Å²) in [6.45, 7) is 0.809. The Labute approximate surface area is 502 Å². The number of esters is 1. The lowest BCUT2D eigenvalue weighted by atomic mass is 9.95. The molecule has 1 aromatic carbocycles. The molecule has 27 heteroatoms. The Morgan fingerprint density at radius 1 is 0.688 bits per heavy atom. The highest BCUT2D eigenvalue weighted by molar-refractivity contribution is 9.11. The summed E-state index contributed by atoms with van der Waals surface area (Å²) < 4.78 is 10.3. The maximum Gasteiger partial charge on any atom is 0.339 e. The first-order valence-corrected chi connectivity index (χ1v) is 27.9. The first kappa shape index (κ1) is 65.5. The number of nitrogen functional groups attached to an aromatic ring is 4. The normalized spacial score (nSPS) is 12.4. The molecule has 22 nitrogen and oxygen atoms in total. The number of aliphatic hydroxyl groups excluding tert-OH is 2. The number of alkyl halides is 1. The third kappa shape index (κ3) is 20.6. The van der Waals surface area contributed by atoms with Crippen LogP contribution in [0.25, 0.3) is 10.9 Å². The minimum Gasteiger partial charge on any atom is -0.478 e. The van der Waals surface area contributed by atoms with Gasteiger partial charge in [-0.2, -0.15) is 0 Å². The predicted octanol–water partition coefficient (Wildman–Crippen LogP) is 8.51. The molecule has 0 saturated heterocycles. The van der Waals surface area contributed by atoms with Crippen LogP contribution >= 0.6 is 79.6 Å². The molecule has 8 aromatic rings. The Hall–Kier alpha value is -6.98. The molecule has 10 rings (SSSR count). The number of aryl methyl sites for hydroxylation is 2. The average Bonchev–Trinajstić information content (AvgIpc) is 3.77. The number of carbonyl (C=O) groups is 4. The Morgan fingerprint density at radius 2 is 1.23 bits per heavy atom. The number of para-hydroxylation sites is 1. The number of carboxylic acid groups (broad SMARTS) is 1. The summed E-state index contributed by atoms with van der Waals surface area (Å²) >= 11 is 16.4. The lowest BCUT2D eigenvalue weighted by Crippen LogP contribution is -2.36. The number of hydrogen-bond donors (Lipinski definition) is 10. The molecule has 0 spiro atoms. The van der Waals surface area contributed by atoms with Crippen LogP contribution in [-0.2, 0) is 64.1 Å². The number of nitrogens with two attached hydrogens (primary N) is 4. The number of rotatable bonds is 7. The van der Waals surface area contributed by atoms with Crippen molar-refractivity contribution >= 4 is 149 Å². The van der Waals surface area contributed by atoms with Gasteiger partial charge >= 0.3 is 11.9 Å². The number of methoxy groups -OCH3 is 1. The third-order valence-corrected chi connectivity index (χ3v) is 13.4. The second-order valence-corrected chi connectivity index (χ2v) is 20.8. The average molecular weight is 1420 g/mol. The van der Waals surface area contributed by atoms with E-state index in [1.54, 1.807) is 49.2 Å². The van der Waals surface area contributed by atoms with E-state index >= 15 is 0 Å². The Kier molecular flexibility index (Phi) is 27.5. The number of carbonyl (C=O) groups excluding carboxylic acids is 3. The summed E-state index contributed by atoms with van der Waals surface area (Å²) in [6.07, 6.45) is 11.3. The van der Waals surface area contributed by atoms with Gasteiger partial charge in [0.2, 0.25) is 11.8 Å². The predicted molar refractivity (Wildman–Crippen MR) is 326 cm³/mol. The van der Waals surface area contributed by atoms with Gasteiger partial charge in [-0.25, -0.2) is 34.7 Å². The van der Waals surface area contributed by atoms with E-state index in [9.17, 15) is 19.2 Å². The van der Waals surface area contributed by atoms with Crippen LogP contribution in [0.4, 0.5) is 34.9 Å². The largest absolute Gasteiger partial charge is 0.478 e. The number of fused-ring (bicyclic) bond motifs is 3. The fraction of sp³-hybridized carbons (Fsp3) is 0.208. The van der Waals surface area contributed by atoms with E-state index in [4.69, 9.17) is 38.3 Å². The first-order chi connectivity index (χ1) is 38.2. The summed E-state index contributed by atoms with van der Waals surface area (Å²) in [6, 6.07) is 24.6. The molecule has 80 heavy (non-hydrogen) atoms. The summed E-state index contributed by atoms with van der Waals surface area (Å²) in [7, 11) is 5.34. The number of pyridine rings is 6. The standard InChI is InChI=1S/C11H14N2.C10H9BrN2O3.C8H7BrN2O.C6H6Br2N2.C6H7BrN2O.C6H6N2O2.C6H8N2O/c1-12-8-10-7-9-5-3-4-6-11(9)13(10)2;1-16-10(15)7-3-5-2-6(11)4-12-8(5)13-9(7)14;9-6-3-5-1-2-7(12)11-8(5)10-4-6;7-2-4-1-5(8)3-10-6(4)9;7-5-1-4(3-10)6(8)9-2-5;7-5-4(6(9)10)2-1-3-8-5;7-6-5(4-9)2-1-3-8-6/h3-7,12H,8H2,1-2H3;2,4,7H,3H2,1H3,(H,12,13,14);3-4H,1-2H2,(H,10,11,12);1,3H,2H2,(H2,9,10);1-2,10H,3H2,(H2,8,9);1-3H,(H2,7,8)(H,9,10);1-3,9H,4H2,(H2,7,8). The smallest absolute Gasteiger partial charge is 0.339 e. The van der Waals surface area contributed by atoms with Crippen LogP contribution in [0.5, 0.6) is 0 Å². The van der Waals surface area contributed by atoms with Crippen LogP contribution in [-0.4, -0.2) is 87.7 Å². The van der Waals surface area contributed by atoms with Crippen LogP contribution in [0.1, 0.15) is 50.3 Å². The zero-order valence-electron chi connectivity index (χ0n) is 43.2. The van der Waals surface area contributed by atoms with Crippen LogP contribution in [0.15, 0.2) is 134 Å². The minimum atomic E-state index is -1.05. The molecule has 2 aliphatic rings. The monoisotopic (exact) mass is 1410 g/mol. The highest BCUT2D eigenvalue weighted by Gasteiger charge is 2.33. The van der Waals surface area contributed by atoms with Gasteiger partial charge in [0, 0.05) is 108 Å². The number of aliphatic hydroxyl groups is 2. The van der Waals surface area contributed by atoms with Gasteiger partial charge in [-0.15, -0.1) is 0 Å². The van der Waals surface area contributed by atoms with Crippen molar-refractivity contribution in [2.75, 3.05) is 47.7 Å². The molecule has 0 fully saturated rings. The molecule has 0 saturated carbocycles. The molecule has 9 heterocycles. The topological polar surface area (TPSA) is 361 Å². The number of aromatic nitrogens is 7. The number of ether oxygens (including phenoxy) is 1. The van der Waals surface area contributed by atoms with Crippen LogP contribution in [0.3, 0.4) is 0 Å². The molecule has 0 radical (unpaired) electrons. The summed E-state index contributed by atoms with van der Waals surface area (Å²) in [5.41, 5.74) is 28.5. The van der Waals surface area contributed by atoms with Gasteiger partial charge in [-0.05, 0) is 155 Å². The number of benzene rings is 1. The molecule has 1 atom stereocenters. The molecule has 1 unspecified atom stereocenters. The maximum absolute atomic E-state index is 11.6. The van der Waals surface area contributed by atoms with E-state index in [-0.39, 0.29) is 36.4 Å². The fourth-order valence-electron chi connectivity index (χ4n) is 6.92. The number of carboxylic acids is 1. The Bertz CT molecular complexity index is 3320. The molecular formula is C53H57Br5N14O8. The number of aromatic carboxylic acids is 1. The number of anilines is 6. The van der Waals surface area contributed by atoms with Crippen LogP contribution < -0.4 is 38.9 Å². The zero-order valence-corrected chi connectivity index (χ0v) is 51.1. The van der Waals surface area contributed by atoms with Gasteiger partial charge in [0.25, 0.3) is 0 Å². The fourth-order valence-corrected chi connectivity index (χ4v) is 8.89. The zero-order chi connectivity index (χ0) is 58.9. The highest BCUT2D eigenvalue weighted by Crippen LogP contribution is 2.27. The Balaban J connectivity index is 0.000000203.